The maximum absolute atomic E-state index is 11.9. The van der Waals surface area contributed by atoms with E-state index in [2.05, 4.69) is 26.2 Å². The molecule has 0 unspecified atom stereocenters. The zero-order chi connectivity index (χ0) is 17.5. The van der Waals surface area contributed by atoms with Crippen LogP contribution in [0.25, 0.3) is 0 Å². The van der Waals surface area contributed by atoms with E-state index in [0.29, 0.717) is 17.7 Å². The number of nitrogens with zero attached hydrogens (tertiary/aromatic N) is 4. The van der Waals surface area contributed by atoms with E-state index in [9.17, 15) is 9.59 Å². The number of imide groups is 1. The Hall–Kier alpha value is -1.94. The molecule has 0 atom stereocenters. The molecule has 0 radical (unpaired) electrons. The fraction of sp³-hybridized carbons (Fsp3) is 0.533. The predicted octanol–water partition coefficient (Wildman–Crippen LogP) is 2.36. The van der Waals surface area contributed by atoms with E-state index in [0.717, 1.165) is 17.7 Å². The van der Waals surface area contributed by atoms with Crippen molar-refractivity contribution in [1.82, 2.24) is 30.8 Å². The second kappa shape index (κ2) is 8.95. The van der Waals surface area contributed by atoms with Crippen LogP contribution in [0.4, 0.5) is 4.79 Å². The van der Waals surface area contributed by atoms with Crippen molar-refractivity contribution in [2.45, 2.75) is 49.8 Å². The first-order valence-corrected chi connectivity index (χ1v) is 10.1. The summed E-state index contributed by atoms with van der Waals surface area (Å²) < 4.78 is 1.81. The van der Waals surface area contributed by atoms with Gasteiger partial charge in [-0.05, 0) is 34.7 Å². The van der Waals surface area contributed by atoms with Gasteiger partial charge in [0, 0.05) is 4.88 Å². The van der Waals surface area contributed by atoms with Gasteiger partial charge in [0.15, 0.2) is 0 Å². The molecule has 1 aliphatic carbocycles. The summed E-state index contributed by atoms with van der Waals surface area (Å²) >= 11 is 2.80. The molecular formula is C15H20N6O2S2. The standard InChI is InChI=1S/C15H20N6O2S2/c22-13(17-14(23)16-9-12-7-4-8-24-12)10-25-15-18-19-20-21(15)11-5-2-1-3-6-11/h4,7-8,11H,1-3,5-6,9-10H2,(H2,16,17,22,23). The van der Waals surface area contributed by atoms with E-state index in [4.69, 9.17) is 0 Å². The second-order valence-corrected chi connectivity index (χ2v) is 7.77. The van der Waals surface area contributed by atoms with Crippen LogP contribution in [0.3, 0.4) is 0 Å². The number of rotatable bonds is 6. The van der Waals surface area contributed by atoms with E-state index < -0.39 is 6.03 Å². The Morgan fingerprint density at radius 2 is 2.16 bits per heavy atom. The Labute approximate surface area is 153 Å². The lowest BCUT2D eigenvalue weighted by Crippen LogP contribution is -2.39. The molecular weight excluding hydrogens is 360 g/mol. The fourth-order valence-corrected chi connectivity index (χ4v) is 4.14. The van der Waals surface area contributed by atoms with Crippen molar-refractivity contribution in [3.05, 3.63) is 22.4 Å². The molecule has 2 N–H and O–H groups in total. The van der Waals surface area contributed by atoms with E-state index in [1.54, 1.807) is 11.3 Å². The van der Waals surface area contributed by atoms with Gasteiger partial charge in [-0.25, -0.2) is 9.48 Å². The van der Waals surface area contributed by atoms with Gasteiger partial charge in [-0.1, -0.05) is 37.1 Å². The maximum atomic E-state index is 11.9. The molecule has 1 saturated carbocycles. The SMILES string of the molecule is O=C(CSc1nnnn1C1CCCCC1)NC(=O)NCc1cccs1. The molecule has 0 spiro atoms. The number of thioether (sulfide) groups is 1. The molecule has 0 bridgehead atoms. The molecule has 8 nitrogen and oxygen atoms in total. The predicted molar refractivity (Wildman–Crippen MR) is 95.4 cm³/mol. The number of amides is 3. The highest BCUT2D eigenvalue weighted by Crippen LogP contribution is 2.30. The average molecular weight is 380 g/mol. The number of carbonyl (C=O) groups excluding carboxylic acids is 2. The number of hydrogen-bond donors (Lipinski definition) is 2. The smallest absolute Gasteiger partial charge is 0.321 e. The molecule has 134 valence electrons. The van der Waals surface area contributed by atoms with Crippen LogP contribution < -0.4 is 10.6 Å². The fourth-order valence-electron chi connectivity index (χ4n) is 2.75. The number of urea groups is 1. The highest BCUT2D eigenvalue weighted by molar-refractivity contribution is 7.99. The van der Waals surface area contributed by atoms with Gasteiger partial charge in [0.05, 0.1) is 18.3 Å². The second-order valence-electron chi connectivity index (χ2n) is 5.80. The summed E-state index contributed by atoms with van der Waals surface area (Å²) in [5.74, 6) is -0.272. The normalized spacial score (nSPS) is 15.0. The van der Waals surface area contributed by atoms with Crippen LogP contribution in [-0.2, 0) is 11.3 Å². The van der Waals surface area contributed by atoms with Crippen LogP contribution in [0, 0.1) is 0 Å². The summed E-state index contributed by atoms with van der Waals surface area (Å²) in [6.45, 7) is 0.407. The van der Waals surface area contributed by atoms with Crippen LogP contribution in [0.5, 0.6) is 0 Å². The van der Waals surface area contributed by atoms with Crippen LogP contribution in [0.15, 0.2) is 22.7 Å². The minimum atomic E-state index is -0.495. The molecule has 2 heterocycles. The number of hydrogen-bond acceptors (Lipinski definition) is 7. The van der Waals surface area contributed by atoms with Crippen molar-refractivity contribution in [2.75, 3.05) is 5.75 Å². The van der Waals surface area contributed by atoms with Gasteiger partial charge in [-0.3, -0.25) is 10.1 Å². The summed E-state index contributed by atoms with van der Waals surface area (Å²) in [4.78, 5) is 24.7. The van der Waals surface area contributed by atoms with Crippen molar-refractivity contribution < 1.29 is 9.59 Å². The van der Waals surface area contributed by atoms with E-state index in [-0.39, 0.29) is 11.7 Å². The van der Waals surface area contributed by atoms with Crippen LogP contribution in [0.2, 0.25) is 0 Å². The molecule has 2 aromatic heterocycles. The van der Waals surface area contributed by atoms with Crippen LogP contribution >= 0.6 is 23.1 Å². The number of carbonyl (C=O) groups is 2. The van der Waals surface area contributed by atoms with Gasteiger partial charge in [-0.15, -0.1) is 16.4 Å². The minimum absolute atomic E-state index is 0.0967. The number of thiophene rings is 1. The zero-order valence-corrected chi connectivity index (χ0v) is 15.3. The molecule has 1 aliphatic rings. The topological polar surface area (TPSA) is 102 Å². The van der Waals surface area contributed by atoms with Gasteiger partial charge in [0.2, 0.25) is 11.1 Å². The van der Waals surface area contributed by atoms with Gasteiger partial charge >= 0.3 is 6.03 Å². The molecule has 3 rings (SSSR count). The third kappa shape index (κ3) is 5.27. The first-order valence-electron chi connectivity index (χ1n) is 8.23. The molecule has 3 amide bonds. The van der Waals surface area contributed by atoms with E-state index in [1.165, 1.54) is 31.0 Å². The molecule has 2 aromatic rings. The van der Waals surface area contributed by atoms with Crippen molar-refractivity contribution in [3.63, 3.8) is 0 Å². The third-order valence-corrected chi connectivity index (χ3v) is 5.78. The highest BCUT2D eigenvalue weighted by atomic mass is 32.2. The van der Waals surface area contributed by atoms with Crippen LogP contribution in [0.1, 0.15) is 43.0 Å². The first kappa shape index (κ1) is 17.9. The van der Waals surface area contributed by atoms with E-state index in [1.807, 2.05) is 22.2 Å². The van der Waals surface area contributed by atoms with E-state index >= 15 is 0 Å². The van der Waals surface area contributed by atoms with Gasteiger partial charge in [0.1, 0.15) is 0 Å². The van der Waals surface area contributed by atoms with Crippen molar-refractivity contribution >= 4 is 35.0 Å². The summed E-state index contributed by atoms with van der Waals surface area (Å²) in [6, 6.07) is 3.65. The largest absolute Gasteiger partial charge is 0.333 e. The average Bonchev–Trinajstić information content (AvgIpc) is 3.30. The lowest BCUT2D eigenvalue weighted by molar-refractivity contribution is -0.117. The van der Waals surface area contributed by atoms with Gasteiger partial charge < -0.3 is 5.32 Å². The number of aromatic nitrogens is 4. The number of nitrogens with one attached hydrogen (secondary N) is 2. The molecule has 0 aromatic carbocycles. The summed E-state index contributed by atoms with van der Waals surface area (Å²) in [7, 11) is 0. The Bertz CT molecular complexity index is 697. The van der Waals surface area contributed by atoms with Gasteiger partial charge in [-0.2, -0.15) is 0 Å². The lowest BCUT2D eigenvalue weighted by atomic mass is 9.96. The third-order valence-electron chi connectivity index (χ3n) is 3.97. The van der Waals surface area contributed by atoms with Crippen molar-refractivity contribution in [1.29, 1.82) is 0 Å². The summed E-state index contributed by atoms with van der Waals surface area (Å²) in [5.41, 5.74) is 0. The minimum Gasteiger partial charge on any atom is -0.333 e. The maximum Gasteiger partial charge on any atom is 0.321 e. The van der Waals surface area contributed by atoms with Crippen molar-refractivity contribution in [2.24, 2.45) is 0 Å². The highest BCUT2D eigenvalue weighted by Gasteiger charge is 2.21. The summed E-state index contributed by atoms with van der Waals surface area (Å²) in [6.07, 6.45) is 5.75. The molecule has 25 heavy (non-hydrogen) atoms. The Morgan fingerprint density at radius 1 is 1.32 bits per heavy atom. The van der Waals surface area contributed by atoms with Gasteiger partial charge in [0.25, 0.3) is 0 Å². The zero-order valence-electron chi connectivity index (χ0n) is 13.7. The molecule has 1 fully saturated rings. The Kier molecular flexibility index (Phi) is 6.40. The summed E-state index contributed by atoms with van der Waals surface area (Å²) in [5, 5.41) is 19.3. The first-order chi connectivity index (χ1) is 12.2. The molecule has 10 heteroatoms. The quantitative estimate of drug-likeness (QED) is 0.746. The molecule has 0 saturated heterocycles. The Balaban J connectivity index is 1.43. The van der Waals surface area contributed by atoms with Crippen LogP contribution in [-0.4, -0.2) is 37.9 Å². The monoisotopic (exact) mass is 380 g/mol. The lowest BCUT2D eigenvalue weighted by Gasteiger charge is -2.21. The molecule has 0 aliphatic heterocycles. The van der Waals surface area contributed by atoms with Crippen molar-refractivity contribution in [3.8, 4) is 0 Å². The number of tetrazole rings is 1. The Morgan fingerprint density at radius 3 is 2.92 bits per heavy atom.